The average Bonchev–Trinajstić information content (AvgIpc) is 3.35. The van der Waals surface area contributed by atoms with Gasteiger partial charge in [-0.2, -0.15) is 0 Å². The summed E-state index contributed by atoms with van der Waals surface area (Å²) in [7, 11) is 0. The van der Waals surface area contributed by atoms with Gasteiger partial charge in [0.2, 0.25) is 5.91 Å². The minimum Gasteiger partial charge on any atom is -0.478 e. The number of hydrogen-bond acceptors (Lipinski definition) is 3. The van der Waals surface area contributed by atoms with Gasteiger partial charge in [-0.1, -0.05) is 50.2 Å². The normalized spacial score (nSPS) is 15.2. The van der Waals surface area contributed by atoms with E-state index in [9.17, 15) is 14.4 Å². The minimum absolute atomic E-state index is 0.216. The highest BCUT2D eigenvalue weighted by atomic mass is 16.4. The number of nitrogens with zero attached hydrogens (tertiary/aromatic N) is 1. The molecule has 1 saturated heterocycles. The molecule has 7 heteroatoms. The van der Waals surface area contributed by atoms with E-state index in [0.29, 0.717) is 30.3 Å². The third kappa shape index (κ3) is 5.69. The van der Waals surface area contributed by atoms with E-state index in [4.69, 9.17) is 5.11 Å². The van der Waals surface area contributed by atoms with E-state index in [2.05, 4.69) is 24.5 Å². The SMILES string of the molecule is CC(C)c1ccc(NC(=O)N2CCCC2C(=O)Nc2ccc(-c3ccc(C(=O)O)cc3)cc2)cc1. The van der Waals surface area contributed by atoms with Gasteiger partial charge in [0.25, 0.3) is 0 Å². The lowest BCUT2D eigenvalue weighted by Gasteiger charge is -2.24. The van der Waals surface area contributed by atoms with Crippen molar-refractivity contribution in [1.82, 2.24) is 4.90 Å². The number of likely N-dealkylation sites (tertiary alicyclic amines) is 1. The first-order chi connectivity index (χ1) is 16.8. The van der Waals surface area contributed by atoms with E-state index in [1.807, 2.05) is 36.4 Å². The van der Waals surface area contributed by atoms with Gasteiger partial charge in [0, 0.05) is 17.9 Å². The number of amides is 3. The molecule has 0 aromatic heterocycles. The molecule has 0 aliphatic carbocycles. The zero-order chi connectivity index (χ0) is 24.9. The molecule has 1 fully saturated rings. The molecule has 7 nitrogen and oxygen atoms in total. The van der Waals surface area contributed by atoms with Gasteiger partial charge < -0.3 is 20.6 Å². The Morgan fingerprint density at radius 3 is 1.94 bits per heavy atom. The number of rotatable bonds is 6. The molecule has 0 radical (unpaired) electrons. The van der Waals surface area contributed by atoms with Gasteiger partial charge >= 0.3 is 12.0 Å². The van der Waals surface area contributed by atoms with Crippen molar-refractivity contribution in [2.24, 2.45) is 0 Å². The van der Waals surface area contributed by atoms with Gasteiger partial charge in [-0.05, 0) is 71.8 Å². The van der Waals surface area contributed by atoms with Gasteiger partial charge in [-0.15, -0.1) is 0 Å². The van der Waals surface area contributed by atoms with E-state index >= 15 is 0 Å². The van der Waals surface area contributed by atoms with E-state index in [1.54, 1.807) is 41.3 Å². The van der Waals surface area contributed by atoms with Crippen LogP contribution in [0.2, 0.25) is 0 Å². The number of carbonyl (C=O) groups is 3. The molecule has 0 spiro atoms. The second-order valence-corrected chi connectivity index (χ2v) is 9.01. The Bertz CT molecular complexity index is 1200. The molecule has 3 N–H and O–H groups in total. The first-order valence-electron chi connectivity index (χ1n) is 11.7. The second-order valence-electron chi connectivity index (χ2n) is 9.01. The van der Waals surface area contributed by atoms with Crippen molar-refractivity contribution in [3.63, 3.8) is 0 Å². The highest BCUT2D eigenvalue weighted by molar-refractivity contribution is 5.99. The Labute approximate surface area is 204 Å². The molecule has 1 heterocycles. The fourth-order valence-electron chi connectivity index (χ4n) is 4.21. The lowest BCUT2D eigenvalue weighted by atomic mass is 10.0. The quantitative estimate of drug-likeness (QED) is 0.422. The first-order valence-corrected chi connectivity index (χ1v) is 11.7. The molecular formula is C28H29N3O4. The van der Waals surface area contributed by atoms with Crippen LogP contribution in [0.3, 0.4) is 0 Å². The number of hydrogen-bond donors (Lipinski definition) is 3. The zero-order valence-electron chi connectivity index (χ0n) is 19.8. The molecule has 3 aromatic carbocycles. The number of urea groups is 1. The standard InChI is InChI=1S/C28H29N3O4/c1-18(2)19-9-13-24(14-10-19)30-28(35)31-17-3-4-25(31)26(32)29-23-15-11-21(12-16-23)20-5-7-22(8-6-20)27(33)34/h5-16,18,25H,3-4,17H2,1-2H3,(H,29,32)(H,30,35)(H,33,34). The fraction of sp³-hybridized carbons (Fsp3) is 0.250. The first kappa shape index (κ1) is 24.0. The average molecular weight is 472 g/mol. The summed E-state index contributed by atoms with van der Waals surface area (Å²) in [6, 6.07) is 20.9. The number of anilines is 2. The van der Waals surface area contributed by atoms with Gasteiger partial charge in [0.05, 0.1) is 5.56 Å². The molecule has 3 aromatic rings. The topological polar surface area (TPSA) is 98.7 Å². The van der Waals surface area contributed by atoms with Crippen molar-refractivity contribution in [2.75, 3.05) is 17.2 Å². The molecule has 1 aliphatic rings. The third-order valence-corrected chi connectivity index (χ3v) is 6.26. The summed E-state index contributed by atoms with van der Waals surface area (Å²) in [4.78, 5) is 38.5. The molecule has 1 unspecified atom stereocenters. The third-order valence-electron chi connectivity index (χ3n) is 6.26. The maximum absolute atomic E-state index is 13.0. The van der Waals surface area contributed by atoms with Crippen LogP contribution in [0.25, 0.3) is 11.1 Å². The molecule has 0 saturated carbocycles. The van der Waals surface area contributed by atoms with E-state index in [0.717, 1.165) is 17.5 Å². The maximum atomic E-state index is 13.0. The number of carboxylic acid groups (broad SMARTS) is 1. The van der Waals surface area contributed by atoms with Crippen molar-refractivity contribution in [1.29, 1.82) is 0 Å². The van der Waals surface area contributed by atoms with Crippen LogP contribution in [0, 0.1) is 0 Å². The van der Waals surface area contributed by atoms with Gasteiger partial charge in [-0.3, -0.25) is 4.79 Å². The van der Waals surface area contributed by atoms with E-state index in [1.165, 1.54) is 5.56 Å². The maximum Gasteiger partial charge on any atom is 0.335 e. The van der Waals surface area contributed by atoms with Crippen LogP contribution in [0.1, 0.15) is 48.5 Å². The van der Waals surface area contributed by atoms with E-state index < -0.39 is 12.0 Å². The predicted octanol–water partition coefficient (Wildman–Crippen LogP) is 5.81. The summed E-state index contributed by atoms with van der Waals surface area (Å²) in [5, 5.41) is 14.9. The van der Waals surface area contributed by atoms with Gasteiger partial charge in [-0.25, -0.2) is 9.59 Å². The Morgan fingerprint density at radius 1 is 0.829 bits per heavy atom. The van der Waals surface area contributed by atoms with Crippen LogP contribution in [0.4, 0.5) is 16.2 Å². The number of benzene rings is 3. The lowest BCUT2D eigenvalue weighted by Crippen LogP contribution is -2.45. The lowest BCUT2D eigenvalue weighted by molar-refractivity contribution is -0.119. The summed E-state index contributed by atoms with van der Waals surface area (Å²) < 4.78 is 0. The Hall–Kier alpha value is -4.13. The Morgan fingerprint density at radius 2 is 1.37 bits per heavy atom. The van der Waals surface area contributed by atoms with E-state index in [-0.39, 0.29) is 17.5 Å². The number of aromatic carboxylic acids is 1. The van der Waals surface area contributed by atoms with Gasteiger partial charge in [0.1, 0.15) is 6.04 Å². The highest BCUT2D eigenvalue weighted by Crippen LogP contribution is 2.24. The van der Waals surface area contributed by atoms with Crippen molar-refractivity contribution < 1.29 is 19.5 Å². The molecule has 1 atom stereocenters. The molecular weight excluding hydrogens is 442 g/mol. The number of carboxylic acids is 1. The van der Waals surface area contributed by atoms with Crippen LogP contribution in [0.15, 0.2) is 72.8 Å². The molecule has 1 aliphatic heterocycles. The van der Waals surface area contributed by atoms with Crippen LogP contribution >= 0.6 is 0 Å². The van der Waals surface area contributed by atoms with Crippen molar-refractivity contribution in [3.8, 4) is 11.1 Å². The van der Waals surface area contributed by atoms with Crippen molar-refractivity contribution >= 4 is 29.3 Å². The van der Waals surface area contributed by atoms with Crippen LogP contribution in [-0.4, -0.2) is 40.5 Å². The van der Waals surface area contributed by atoms with Crippen LogP contribution < -0.4 is 10.6 Å². The van der Waals surface area contributed by atoms with Crippen LogP contribution in [-0.2, 0) is 4.79 Å². The zero-order valence-corrected chi connectivity index (χ0v) is 19.8. The molecule has 35 heavy (non-hydrogen) atoms. The van der Waals surface area contributed by atoms with Crippen LogP contribution in [0.5, 0.6) is 0 Å². The van der Waals surface area contributed by atoms with Gasteiger partial charge in [0.15, 0.2) is 0 Å². The summed E-state index contributed by atoms with van der Waals surface area (Å²) >= 11 is 0. The minimum atomic E-state index is -0.965. The molecule has 180 valence electrons. The molecule has 0 bridgehead atoms. The Kier molecular flexibility index (Phi) is 7.15. The fourth-order valence-corrected chi connectivity index (χ4v) is 4.21. The van der Waals surface area contributed by atoms with Crippen molar-refractivity contribution in [3.05, 3.63) is 83.9 Å². The smallest absolute Gasteiger partial charge is 0.335 e. The number of carbonyl (C=O) groups excluding carboxylic acids is 2. The predicted molar refractivity (Wildman–Crippen MR) is 137 cm³/mol. The monoisotopic (exact) mass is 471 g/mol. The van der Waals surface area contributed by atoms with Crippen molar-refractivity contribution in [2.45, 2.75) is 38.6 Å². The summed E-state index contributed by atoms with van der Waals surface area (Å²) in [6.07, 6.45) is 1.38. The second kappa shape index (κ2) is 10.4. The molecule has 4 rings (SSSR count). The summed E-state index contributed by atoms with van der Waals surface area (Å²) in [6.45, 7) is 4.76. The number of nitrogens with one attached hydrogen (secondary N) is 2. The summed E-state index contributed by atoms with van der Waals surface area (Å²) in [5.41, 5.74) is 4.56. The highest BCUT2D eigenvalue weighted by Gasteiger charge is 2.34. The molecule has 3 amide bonds. The summed E-state index contributed by atoms with van der Waals surface area (Å²) in [5.74, 6) is -0.766. The Balaban J connectivity index is 1.37. The largest absolute Gasteiger partial charge is 0.478 e.